The van der Waals surface area contributed by atoms with E-state index < -0.39 is 0 Å². The molecule has 0 unspecified atom stereocenters. The maximum atomic E-state index is 13.1. The number of hydrogen-bond donors (Lipinski definition) is 3. The Labute approximate surface area is 229 Å². The van der Waals surface area contributed by atoms with E-state index in [1.54, 1.807) is 34.5 Å². The molecule has 4 aromatic heterocycles. The maximum Gasteiger partial charge on any atom is 0.322 e. The lowest BCUT2D eigenvalue weighted by Gasteiger charge is -2.26. The molecule has 3 N–H and O–H groups in total. The summed E-state index contributed by atoms with van der Waals surface area (Å²) in [6, 6.07) is 9.19. The van der Waals surface area contributed by atoms with Crippen molar-refractivity contribution < 1.29 is 14.3 Å². The Kier molecular flexibility index (Phi) is 6.83. The number of benzene rings is 1. The van der Waals surface area contributed by atoms with E-state index in [0.717, 1.165) is 22.0 Å². The number of aromatic nitrogens is 6. The molecule has 3 amide bonds. The third-order valence-electron chi connectivity index (χ3n) is 7.06. The number of pyridine rings is 2. The number of imidazole rings is 1. The lowest BCUT2D eigenvalue weighted by molar-refractivity contribution is 0.0564. The number of fused-ring (bicyclic) bond motifs is 2. The first-order chi connectivity index (χ1) is 19.6. The number of urea groups is 1. The Morgan fingerprint density at radius 3 is 2.67 bits per heavy atom. The number of morpholine rings is 1. The third-order valence-corrected chi connectivity index (χ3v) is 7.06. The van der Waals surface area contributed by atoms with E-state index in [1.165, 1.54) is 0 Å². The maximum absolute atomic E-state index is 13.1. The second-order valence-corrected chi connectivity index (χ2v) is 9.45. The molecule has 0 radical (unpaired) electrons. The molecule has 12 nitrogen and oxygen atoms in total. The van der Waals surface area contributed by atoms with Crippen LogP contribution in [0, 0.1) is 0 Å². The minimum Gasteiger partial charge on any atom is -0.378 e. The molecule has 5 aromatic rings. The van der Waals surface area contributed by atoms with Crippen molar-refractivity contribution in [2.75, 3.05) is 44.7 Å². The summed E-state index contributed by atoms with van der Waals surface area (Å²) in [6.07, 6.45) is 5.05. The van der Waals surface area contributed by atoms with E-state index >= 15 is 0 Å². The van der Waals surface area contributed by atoms with Crippen LogP contribution in [-0.4, -0.2) is 91.3 Å². The van der Waals surface area contributed by atoms with E-state index in [9.17, 15) is 9.59 Å². The number of nitrogens with one attached hydrogen (secondary N) is 3. The molecule has 40 heavy (non-hydrogen) atoms. The molecule has 1 saturated heterocycles. The molecule has 0 bridgehead atoms. The van der Waals surface area contributed by atoms with Gasteiger partial charge >= 0.3 is 6.03 Å². The molecule has 1 aliphatic heterocycles. The summed E-state index contributed by atoms with van der Waals surface area (Å²) in [5, 5.41) is 11.1. The fourth-order valence-corrected chi connectivity index (χ4v) is 4.88. The van der Waals surface area contributed by atoms with Crippen molar-refractivity contribution in [1.29, 1.82) is 0 Å². The summed E-state index contributed by atoms with van der Waals surface area (Å²) in [5.41, 5.74) is 5.28. The average molecular weight is 540 g/mol. The molecular formula is C28H29N9O3. The monoisotopic (exact) mass is 539 g/mol. The fourth-order valence-electron chi connectivity index (χ4n) is 4.88. The van der Waals surface area contributed by atoms with Gasteiger partial charge in [0.15, 0.2) is 11.5 Å². The largest absolute Gasteiger partial charge is 0.378 e. The van der Waals surface area contributed by atoms with Crippen LogP contribution in [0.25, 0.3) is 44.7 Å². The van der Waals surface area contributed by atoms with Crippen molar-refractivity contribution in [3.8, 4) is 22.6 Å². The first-order valence-electron chi connectivity index (χ1n) is 13.3. The number of anilines is 1. The van der Waals surface area contributed by atoms with E-state index in [2.05, 4.69) is 30.5 Å². The first-order valence-corrected chi connectivity index (χ1v) is 13.3. The van der Waals surface area contributed by atoms with Crippen LogP contribution >= 0.6 is 0 Å². The summed E-state index contributed by atoms with van der Waals surface area (Å²) in [6.45, 7) is 7.33. The van der Waals surface area contributed by atoms with Gasteiger partial charge in [-0.1, -0.05) is 6.07 Å². The lowest BCUT2D eigenvalue weighted by atomic mass is 10.1. The van der Waals surface area contributed by atoms with Gasteiger partial charge in [0.05, 0.1) is 41.6 Å². The topological polar surface area (TPSA) is 145 Å². The van der Waals surface area contributed by atoms with Gasteiger partial charge in [-0.3, -0.25) is 14.9 Å². The van der Waals surface area contributed by atoms with Gasteiger partial charge in [-0.05, 0) is 38.1 Å². The van der Waals surface area contributed by atoms with Crippen molar-refractivity contribution in [3.63, 3.8) is 0 Å². The van der Waals surface area contributed by atoms with E-state index in [1.807, 2.05) is 38.1 Å². The summed E-state index contributed by atoms with van der Waals surface area (Å²) >= 11 is 0. The van der Waals surface area contributed by atoms with Crippen LogP contribution in [0.1, 0.15) is 24.2 Å². The Morgan fingerprint density at radius 1 is 1.07 bits per heavy atom. The summed E-state index contributed by atoms with van der Waals surface area (Å²) < 4.78 is 5.33. The zero-order valence-electron chi connectivity index (χ0n) is 22.3. The number of rotatable bonds is 6. The average Bonchev–Trinajstić information content (AvgIpc) is 3.62. The zero-order valence-corrected chi connectivity index (χ0v) is 22.3. The number of carbonyl (C=O) groups excluding carboxylic acids is 2. The van der Waals surface area contributed by atoms with E-state index in [0.29, 0.717) is 73.3 Å². The molecule has 12 heteroatoms. The highest BCUT2D eigenvalue weighted by Crippen LogP contribution is 2.30. The number of hydrogen-bond acceptors (Lipinski definition) is 7. The fraction of sp³-hybridized carbons (Fsp3) is 0.286. The van der Waals surface area contributed by atoms with Crippen molar-refractivity contribution >= 4 is 39.7 Å². The molecule has 0 aliphatic carbocycles. The molecule has 204 valence electrons. The smallest absolute Gasteiger partial charge is 0.322 e. The normalized spacial score (nSPS) is 13.6. The molecule has 0 saturated carbocycles. The Hall–Kier alpha value is -4.84. The number of para-hydroxylation sites is 1. The summed E-state index contributed by atoms with van der Waals surface area (Å²) in [5.74, 6) is 0.501. The van der Waals surface area contributed by atoms with Crippen LogP contribution in [0.3, 0.4) is 0 Å². The number of carbonyl (C=O) groups is 2. The van der Waals surface area contributed by atoms with Gasteiger partial charge in [-0.2, -0.15) is 5.10 Å². The zero-order chi connectivity index (χ0) is 27.6. The van der Waals surface area contributed by atoms with Gasteiger partial charge in [0.1, 0.15) is 11.2 Å². The highest BCUT2D eigenvalue weighted by Gasteiger charge is 2.21. The quantitative estimate of drug-likeness (QED) is 0.297. The Balaban J connectivity index is 1.32. The predicted molar refractivity (Wildman–Crippen MR) is 151 cm³/mol. The Morgan fingerprint density at radius 2 is 1.88 bits per heavy atom. The van der Waals surface area contributed by atoms with Crippen LogP contribution in [0.2, 0.25) is 0 Å². The second kappa shape index (κ2) is 10.7. The molecule has 1 aliphatic rings. The van der Waals surface area contributed by atoms with E-state index in [-0.39, 0.29) is 11.9 Å². The predicted octanol–water partition coefficient (Wildman–Crippen LogP) is 3.91. The highest BCUT2D eigenvalue weighted by molar-refractivity contribution is 6.06. The van der Waals surface area contributed by atoms with Crippen molar-refractivity contribution in [3.05, 3.63) is 54.5 Å². The van der Waals surface area contributed by atoms with Crippen LogP contribution in [0.4, 0.5) is 10.5 Å². The molecule has 0 atom stereocenters. The van der Waals surface area contributed by atoms with Gasteiger partial charge < -0.3 is 24.8 Å². The number of aromatic amines is 2. The molecule has 1 fully saturated rings. The van der Waals surface area contributed by atoms with Crippen LogP contribution in [0.15, 0.2) is 48.9 Å². The van der Waals surface area contributed by atoms with Crippen molar-refractivity contribution in [1.82, 2.24) is 39.9 Å². The van der Waals surface area contributed by atoms with Gasteiger partial charge in [0.2, 0.25) is 0 Å². The lowest BCUT2D eigenvalue weighted by Crippen LogP contribution is -2.43. The van der Waals surface area contributed by atoms with Gasteiger partial charge in [0, 0.05) is 49.7 Å². The molecular weight excluding hydrogens is 510 g/mol. The molecule has 1 aromatic carbocycles. The van der Waals surface area contributed by atoms with Gasteiger partial charge in [-0.25, -0.2) is 14.8 Å². The van der Waals surface area contributed by atoms with Crippen LogP contribution in [0.5, 0.6) is 0 Å². The number of ether oxygens (including phenoxy) is 1. The minimum absolute atomic E-state index is 0.0554. The number of H-pyrrole nitrogens is 2. The van der Waals surface area contributed by atoms with Gasteiger partial charge in [-0.15, -0.1) is 0 Å². The molecule has 6 rings (SSSR count). The number of nitrogens with zero attached hydrogens (tertiary/aromatic N) is 6. The standard InChI is InChI=1S/C28H29N9O3/c1-3-36(4-2)27(38)20-6-5-7-22-23(20)33-26(32-22)24-21-13-18(15-30-25(21)35-34-24)17-12-19(16-29-14-17)31-28(39)37-8-10-40-11-9-37/h5-7,12-16H,3-4,8-11H2,1-2H3,(H,31,39)(H,32,33)(H,30,34,35). The third kappa shape index (κ3) is 4.73. The highest BCUT2D eigenvalue weighted by atomic mass is 16.5. The van der Waals surface area contributed by atoms with E-state index in [4.69, 9.17) is 9.72 Å². The van der Waals surface area contributed by atoms with Crippen LogP contribution < -0.4 is 5.32 Å². The second-order valence-electron chi connectivity index (χ2n) is 9.45. The van der Waals surface area contributed by atoms with Crippen molar-refractivity contribution in [2.24, 2.45) is 0 Å². The first kappa shape index (κ1) is 25.4. The Bertz CT molecular complexity index is 1700. The molecule has 0 spiro atoms. The minimum atomic E-state index is -0.184. The number of amides is 3. The summed E-state index contributed by atoms with van der Waals surface area (Å²) in [7, 11) is 0. The van der Waals surface area contributed by atoms with Gasteiger partial charge in [0.25, 0.3) is 5.91 Å². The molecule has 5 heterocycles. The SMILES string of the molecule is CCN(CC)C(=O)c1cccc2[nH]c(-c3[nH]nc4ncc(-c5cncc(NC(=O)N6CCOCC6)c5)cc34)nc12. The summed E-state index contributed by atoms with van der Waals surface area (Å²) in [4.78, 5) is 46.2. The van der Waals surface area contributed by atoms with Crippen LogP contribution in [-0.2, 0) is 4.74 Å². The van der Waals surface area contributed by atoms with Crippen molar-refractivity contribution in [2.45, 2.75) is 13.8 Å².